The summed E-state index contributed by atoms with van der Waals surface area (Å²) in [6.45, 7) is 3.00. The monoisotopic (exact) mass is 459 g/mol. The Morgan fingerprint density at radius 3 is 2.69 bits per heavy atom. The largest absolute Gasteiger partial charge is 0.465 e. The van der Waals surface area contributed by atoms with E-state index in [2.05, 4.69) is 6.92 Å². The van der Waals surface area contributed by atoms with Gasteiger partial charge in [0.1, 0.15) is 4.88 Å². The van der Waals surface area contributed by atoms with E-state index < -0.39 is 6.10 Å². The lowest BCUT2D eigenvalue weighted by Crippen LogP contribution is -2.36. The van der Waals surface area contributed by atoms with E-state index >= 15 is 0 Å². The molecule has 1 aliphatic rings. The van der Waals surface area contributed by atoms with Gasteiger partial charge in [-0.05, 0) is 42.7 Å². The van der Waals surface area contributed by atoms with Crippen molar-refractivity contribution in [1.82, 2.24) is 0 Å². The summed E-state index contributed by atoms with van der Waals surface area (Å²) in [5.74, 6) is -0.251. The first kappa shape index (κ1) is 24.4. The molecule has 2 unspecified atom stereocenters. The number of rotatable bonds is 12. The maximum absolute atomic E-state index is 12.5. The number of aliphatic hydroxyl groups excluding tert-OH is 1. The second kappa shape index (κ2) is 12.1. The van der Waals surface area contributed by atoms with Gasteiger partial charge in [-0.25, -0.2) is 4.79 Å². The van der Waals surface area contributed by atoms with Gasteiger partial charge in [0.2, 0.25) is 5.91 Å². The number of hydrogen-bond donors (Lipinski definition) is 1. The molecule has 3 rings (SSSR count). The molecular weight excluding hydrogens is 426 g/mol. The van der Waals surface area contributed by atoms with Crippen molar-refractivity contribution < 1.29 is 24.2 Å². The molecule has 7 heteroatoms. The quantitative estimate of drug-likeness (QED) is 0.346. The molecule has 0 aliphatic carbocycles. The van der Waals surface area contributed by atoms with E-state index in [4.69, 9.17) is 9.47 Å². The highest BCUT2D eigenvalue weighted by atomic mass is 32.1. The van der Waals surface area contributed by atoms with Gasteiger partial charge in [-0.2, -0.15) is 0 Å². The Hall–Kier alpha value is -2.22. The van der Waals surface area contributed by atoms with E-state index in [1.54, 1.807) is 6.07 Å². The molecule has 2 heterocycles. The topological polar surface area (TPSA) is 76.1 Å². The summed E-state index contributed by atoms with van der Waals surface area (Å²) in [7, 11) is 1.37. The molecule has 1 amide bonds. The Morgan fingerprint density at radius 1 is 1.19 bits per heavy atom. The number of unbranched alkanes of at least 4 members (excludes halogenated alkanes) is 3. The molecule has 1 saturated heterocycles. The first-order chi connectivity index (χ1) is 15.5. The van der Waals surface area contributed by atoms with Crippen molar-refractivity contribution >= 4 is 28.9 Å². The van der Waals surface area contributed by atoms with E-state index in [0.29, 0.717) is 24.5 Å². The van der Waals surface area contributed by atoms with Crippen LogP contribution in [0.1, 0.15) is 78.1 Å². The van der Waals surface area contributed by atoms with E-state index in [-0.39, 0.29) is 17.9 Å². The van der Waals surface area contributed by atoms with E-state index in [1.165, 1.54) is 31.3 Å². The number of carbonyl (C=O) groups excluding carboxylic acids is 2. The van der Waals surface area contributed by atoms with Crippen LogP contribution in [0.25, 0.3) is 0 Å². The molecule has 32 heavy (non-hydrogen) atoms. The van der Waals surface area contributed by atoms with Crippen molar-refractivity contribution in [3.63, 3.8) is 0 Å². The second-order valence-electron chi connectivity index (χ2n) is 8.19. The third kappa shape index (κ3) is 6.40. The van der Waals surface area contributed by atoms with Crippen LogP contribution in [0.5, 0.6) is 0 Å². The molecule has 0 radical (unpaired) electrons. The number of thiophene rings is 1. The van der Waals surface area contributed by atoms with Gasteiger partial charge in [0.25, 0.3) is 0 Å². The normalized spacial score (nSPS) is 17.0. The van der Waals surface area contributed by atoms with Crippen LogP contribution >= 0.6 is 11.3 Å². The third-order valence-electron chi connectivity index (χ3n) is 5.82. The molecule has 0 saturated carbocycles. The lowest BCUT2D eigenvalue weighted by Gasteiger charge is -2.25. The van der Waals surface area contributed by atoms with Crippen LogP contribution in [0.2, 0.25) is 0 Å². The molecule has 2 atom stereocenters. The van der Waals surface area contributed by atoms with Crippen molar-refractivity contribution in [3.8, 4) is 0 Å². The number of anilines is 1. The van der Waals surface area contributed by atoms with Crippen molar-refractivity contribution in [1.29, 1.82) is 0 Å². The predicted molar refractivity (Wildman–Crippen MR) is 126 cm³/mol. The first-order valence-corrected chi connectivity index (χ1v) is 12.2. The van der Waals surface area contributed by atoms with Gasteiger partial charge in [-0.1, -0.05) is 44.7 Å². The molecule has 1 aliphatic heterocycles. The van der Waals surface area contributed by atoms with Crippen LogP contribution in [0, 0.1) is 0 Å². The van der Waals surface area contributed by atoms with Crippen molar-refractivity contribution in [3.05, 3.63) is 51.7 Å². The zero-order valence-electron chi connectivity index (χ0n) is 18.9. The Bertz CT molecular complexity index is 879. The summed E-state index contributed by atoms with van der Waals surface area (Å²) in [6, 6.07) is 11.3. The number of esters is 1. The van der Waals surface area contributed by atoms with Crippen LogP contribution in [-0.2, 0) is 20.9 Å². The number of aliphatic hydroxyl groups is 1. The highest BCUT2D eigenvalue weighted by Gasteiger charge is 2.32. The number of nitrogens with zero attached hydrogens (tertiary/aromatic N) is 1. The van der Waals surface area contributed by atoms with Gasteiger partial charge in [-0.15, -0.1) is 11.3 Å². The SMILES string of the molecule is CCCCCCC(O)c1ccc(N2C(=O)CCC2COCc2ccc(C(=O)OC)s2)cc1. The highest BCUT2D eigenvalue weighted by molar-refractivity contribution is 7.13. The minimum atomic E-state index is -0.463. The zero-order valence-corrected chi connectivity index (χ0v) is 19.7. The highest BCUT2D eigenvalue weighted by Crippen LogP contribution is 2.29. The number of benzene rings is 1. The molecule has 0 spiro atoms. The van der Waals surface area contributed by atoms with Crippen molar-refractivity contribution in [2.75, 3.05) is 18.6 Å². The standard InChI is InChI=1S/C25H33NO5S/c1-3-4-5-6-7-22(27)18-8-10-19(11-9-18)26-20(12-15-24(26)28)16-31-17-21-13-14-23(32-21)25(29)30-2/h8-11,13-14,20,22,27H,3-7,12,15-17H2,1-2H3. The number of amides is 1. The van der Waals surface area contributed by atoms with Crippen LogP contribution < -0.4 is 4.90 Å². The third-order valence-corrected chi connectivity index (χ3v) is 6.85. The van der Waals surface area contributed by atoms with Crippen molar-refractivity contribution in [2.45, 2.75) is 70.6 Å². The molecule has 1 aromatic carbocycles. The van der Waals surface area contributed by atoms with Crippen LogP contribution in [0.4, 0.5) is 5.69 Å². The number of carbonyl (C=O) groups is 2. The lowest BCUT2D eigenvalue weighted by atomic mass is 10.0. The summed E-state index contributed by atoms with van der Waals surface area (Å²) in [6.07, 6.45) is 6.09. The van der Waals surface area contributed by atoms with E-state index in [9.17, 15) is 14.7 Å². The Labute approximate surface area is 194 Å². The Balaban J connectivity index is 1.53. The van der Waals surface area contributed by atoms with E-state index in [1.807, 2.05) is 35.2 Å². The fraction of sp³-hybridized carbons (Fsp3) is 0.520. The minimum Gasteiger partial charge on any atom is -0.465 e. The Kier molecular flexibility index (Phi) is 9.26. The average molecular weight is 460 g/mol. The van der Waals surface area contributed by atoms with Crippen LogP contribution in [0.3, 0.4) is 0 Å². The molecule has 2 aromatic rings. The van der Waals surface area contributed by atoms with Gasteiger partial charge in [0.15, 0.2) is 0 Å². The summed E-state index contributed by atoms with van der Waals surface area (Å²) in [5.41, 5.74) is 1.73. The van der Waals surface area contributed by atoms with Gasteiger partial charge < -0.3 is 19.5 Å². The summed E-state index contributed by atoms with van der Waals surface area (Å²) < 4.78 is 10.6. The first-order valence-electron chi connectivity index (χ1n) is 11.4. The lowest BCUT2D eigenvalue weighted by molar-refractivity contribution is -0.117. The Morgan fingerprint density at radius 2 is 1.97 bits per heavy atom. The van der Waals surface area contributed by atoms with Crippen LogP contribution in [-0.4, -0.2) is 36.7 Å². The molecule has 6 nitrogen and oxygen atoms in total. The number of ether oxygens (including phenoxy) is 2. The minimum absolute atomic E-state index is 0.0210. The fourth-order valence-corrected chi connectivity index (χ4v) is 4.87. The number of hydrogen-bond acceptors (Lipinski definition) is 6. The molecule has 174 valence electrons. The summed E-state index contributed by atoms with van der Waals surface area (Å²) >= 11 is 1.35. The molecule has 1 N–H and O–H groups in total. The second-order valence-corrected chi connectivity index (χ2v) is 9.35. The predicted octanol–water partition coefficient (Wildman–Crippen LogP) is 5.25. The van der Waals surface area contributed by atoms with Gasteiger partial charge in [0, 0.05) is 17.0 Å². The molecule has 0 bridgehead atoms. The fourth-order valence-electron chi connectivity index (χ4n) is 4.01. The van der Waals surface area contributed by atoms with Crippen LogP contribution in [0.15, 0.2) is 36.4 Å². The van der Waals surface area contributed by atoms with Crippen molar-refractivity contribution in [2.24, 2.45) is 0 Å². The summed E-state index contributed by atoms with van der Waals surface area (Å²) in [4.78, 5) is 27.4. The smallest absolute Gasteiger partial charge is 0.348 e. The maximum Gasteiger partial charge on any atom is 0.348 e. The van der Waals surface area contributed by atoms with Gasteiger partial charge in [-0.3, -0.25) is 4.79 Å². The zero-order chi connectivity index (χ0) is 22.9. The maximum atomic E-state index is 12.5. The van der Waals surface area contributed by atoms with E-state index in [0.717, 1.165) is 41.8 Å². The molecular formula is C25H33NO5S. The molecule has 1 aromatic heterocycles. The average Bonchev–Trinajstić information content (AvgIpc) is 3.43. The summed E-state index contributed by atoms with van der Waals surface area (Å²) in [5, 5.41) is 10.4. The molecule has 1 fully saturated rings. The number of methoxy groups -OCH3 is 1. The van der Waals surface area contributed by atoms with Gasteiger partial charge in [0.05, 0.1) is 32.5 Å². The van der Waals surface area contributed by atoms with Gasteiger partial charge >= 0.3 is 5.97 Å².